The van der Waals surface area contributed by atoms with Crippen molar-refractivity contribution in [2.24, 2.45) is 0 Å². The molecule has 0 fully saturated rings. The Morgan fingerprint density at radius 1 is 1.11 bits per heavy atom. The number of fused-ring (bicyclic) bond motifs is 1. The number of rotatable bonds is 5. The Morgan fingerprint density at radius 3 is 2.81 bits per heavy atom. The maximum Gasteiger partial charge on any atom is 0.277 e. The average molecular weight is 383 g/mol. The Kier molecular flexibility index (Phi) is 4.97. The zero-order valence-electron chi connectivity index (χ0n) is 14.6. The molecule has 7 nitrogen and oxygen atoms in total. The number of nitrogens with zero attached hydrogens (tertiary/aromatic N) is 2. The number of amides is 1. The number of benzene rings is 2. The van der Waals surface area contributed by atoms with Gasteiger partial charge in [0.05, 0.1) is 5.75 Å². The van der Waals surface area contributed by atoms with Gasteiger partial charge in [0, 0.05) is 17.3 Å². The molecule has 1 aromatic heterocycles. The summed E-state index contributed by atoms with van der Waals surface area (Å²) in [5, 5.41) is 11.2. The molecule has 1 aliphatic heterocycles. The van der Waals surface area contributed by atoms with E-state index in [9.17, 15) is 4.79 Å². The second-order valence-electron chi connectivity index (χ2n) is 5.94. The summed E-state index contributed by atoms with van der Waals surface area (Å²) in [5.74, 6) is 1.74. The molecule has 0 atom stereocenters. The second-order valence-corrected chi connectivity index (χ2v) is 6.86. The molecule has 3 aromatic rings. The van der Waals surface area contributed by atoms with E-state index in [2.05, 4.69) is 15.5 Å². The Morgan fingerprint density at radius 2 is 1.96 bits per heavy atom. The van der Waals surface area contributed by atoms with Gasteiger partial charge in [-0.3, -0.25) is 4.79 Å². The van der Waals surface area contributed by atoms with Crippen LogP contribution < -0.4 is 14.8 Å². The summed E-state index contributed by atoms with van der Waals surface area (Å²) in [6.45, 7) is 3.03. The van der Waals surface area contributed by atoms with Crippen molar-refractivity contribution in [3.8, 4) is 23.0 Å². The fraction of sp³-hybridized carbons (Fsp3) is 0.211. The van der Waals surface area contributed by atoms with E-state index in [1.807, 2.05) is 31.2 Å². The minimum absolute atomic E-state index is 0.157. The normalized spacial score (nSPS) is 12.6. The summed E-state index contributed by atoms with van der Waals surface area (Å²) in [7, 11) is 0. The van der Waals surface area contributed by atoms with E-state index < -0.39 is 0 Å². The fourth-order valence-corrected chi connectivity index (χ4v) is 3.17. The maximum absolute atomic E-state index is 12.2. The monoisotopic (exact) mass is 383 g/mol. The first kappa shape index (κ1) is 17.4. The van der Waals surface area contributed by atoms with Crippen molar-refractivity contribution in [2.45, 2.75) is 12.1 Å². The highest BCUT2D eigenvalue weighted by Crippen LogP contribution is 2.32. The topological polar surface area (TPSA) is 86.5 Å². The zero-order chi connectivity index (χ0) is 18.6. The van der Waals surface area contributed by atoms with Crippen LogP contribution in [0.2, 0.25) is 0 Å². The Hall–Kier alpha value is -3.00. The summed E-state index contributed by atoms with van der Waals surface area (Å²) in [4.78, 5) is 12.2. The maximum atomic E-state index is 12.2. The number of hydrogen-bond donors (Lipinski definition) is 1. The standard InChI is InChI=1S/C19H17N3O4S/c1-12-3-2-4-13(9-12)18-21-22-19(26-18)27-11-17(23)20-14-5-6-15-16(10-14)25-8-7-24-15/h2-6,9-10H,7-8,11H2,1H3,(H,20,23). The van der Waals surface area contributed by atoms with Gasteiger partial charge in [0.1, 0.15) is 13.2 Å². The van der Waals surface area contributed by atoms with Gasteiger partial charge in [0.2, 0.25) is 11.8 Å². The van der Waals surface area contributed by atoms with Crippen LogP contribution in [-0.4, -0.2) is 35.1 Å². The lowest BCUT2D eigenvalue weighted by molar-refractivity contribution is -0.113. The molecule has 0 saturated carbocycles. The number of ether oxygens (including phenoxy) is 2. The van der Waals surface area contributed by atoms with Crippen molar-refractivity contribution in [1.29, 1.82) is 0 Å². The largest absolute Gasteiger partial charge is 0.486 e. The third kappa shape index (κ3) is 4.22. The number of hydrogen-bond acceptors (Lipinski definition) is 7. The molecular weight excluding hydrogens is 366 g/mol. The van der Waals surface area contributed by atoms with Crippen LogP contribution in [0.5, 0.6) is 11.5 Å². The van der Waals surface area contributed by atoms with E-state index >= 15 is 0 Å². The van der Waals surface area contributed by atoms with Crippen LogP contribution in [-0.2, 0) is 4.79 Å². The highest BCUT2D eigenvalue weighted by Gasteiger charge is 2.14. The van der Waals surface area contributed by atoms with E-state index in [0.717, 1.165) is 11.1 Å². The lowest BCUT2D eigenvalue weighted by Crippen LogP contribution is -2.17. The molecule has 0 bridgehead atoms. The summed E-state index contributed by atoms with van der Waals surface area (Å²) in [6, 6.07) is 13.1. The molecular formula is C19H17N3O4S. The van der Waals surface area contributed by atoms with Crippen molar-refractivity contribution in [3.05, 3.63) is 48.0 Å². The van der Waals surface area contributed by atoms with Crippen LogP contribution in [0.25, 0.3) is 11.5 Å². The van der Waals surface area contributed by atoms with E-state index in [0.29, 0.717) is 41.5 Å². The van der Waals surface area contributed by atoms with Gasteiger partial charge >= 0.3 is 0 Å². The highest BCUT2D eigenvalue weighted by molar-refractivity contribution is 7.99. The number of anilines is 1. The van der Waals surface area contributed by atoms with E-state index in [-0.39, 0.29) is 11.7 Å². The van der Waals surface area contributed by atoms with E-state index in [1.165, 1.54) is 11.8 Å². The van der Waals surface area contributed by atoms with Gasteiger partial charge in [-0.25, -0.2) is 0 Å². The van der Waals surface area contributed by atoms with Crippen LogP contribution in [0.1, 0.15) is 5.56 Å². The van der Waals surface area contributed by atoms with Gasteiger partial charge in [-0.15, -0.1) is 10.2 Å². The van der Waals surface area contributed by atoms with Gasteiger partial charge in [0.25, 0.3) is 5.22 Å². The first-order valence-corrected chi connectivity index (χ1v) is 9.39. The van der Waals surface area contributed by atoms with Gasteiger partial charge in [0.15, 0.2) is 11.5 Å². The zero-order valence-corrected chi connectivity index (χ0v) is 15.4. The molecule has 1 aliphatic rings. The first-order chi connectivity index (χ1) is 13.2. The molecule has 8 heteroatoms. The molecule has 2 heterocycles. The highest BCUT2D eigenvalue weighted by atomic mass is 32.2. The molecule has 27 heavy (non-hydrogen) atoms. The summed E-state index contributed by atoms with van der Waals surface area (Å²) < 4.78 is 16.6. The minimum atomic E-state index is -0.174. The van der Waals surface area contributed by atoms with Crippen molar-refractivity contribution in [2.75, 3.05) is 24.3 Å². The number of thioether (sulfide) groups is 1. The van der Waals surface area contributed by atoms with Gasteiger partial charge in [-0.05, 0) is 31.2 Å². The number of aromatic nitrogens is 2. The molecule has 2 aromatic carbocycles. The van der Waals surface area contributed by atoms with Crippen LogP contribution in [0, 0.1) is 6.92 Å². The fourth-order valence-electron chi connectivity index (χ4n) is 2.61. The van der Waals surface area contributed by atoms with E-state index in [4.69, 9.17) is 13.9 Å². The van der Waals surface area contributed by atoms with Crippen LogP contribution >= 0.6 is 11.8 Å². The van der Waals surface area contributed by atoms with Crippen molar-refractivity contribution < 1.29 is 18.7 Å². The summed E-state index contributed by atoms with van der Waals surface area (Å²) in [6.07, 6.45) is 0. The Labute approximate surface area is 160 Å². The summed E-state index contributed by atoms with van der Waals surface area (Å²) in [5.41, 5.74) is 2.62. The Bertz CT molecular complexity index is 973. The smallest absolute Gasteiger partial charge is 0.277 e. The molecule has 0 aliphatic carbocycles. The number of carbonyl (C=O) groups is 1. The van der Waals surface area contributed by atoms with Crippen molar-refractivity contribution in [1.82, 2.24) is 10.2 Å². The van der Waals surface area contributed by atoms with Gasteiger partial charge in [-0.2, -0.15) is 0 Å². The quantitative estimate of drug-likeness (QED) is 0.674. The number of nitrogens with one attached hydrogen (secondary N) is 1. The van der Waals surface area contributed by atoms with Crippen LogP contribution in [0.4, 0.5) is 5.69 Å². The lowest BCUT2D eigenvalue weighted by atomic mass is 10.1. The molecule has 0 radical (unpaired) electrons. The molecule has 138 valence electrons. The third-order valence-corrected chi connectivity index (χ3v) is 4.64. The number of carbonyl (C=O) groups excluding carboxylic acids is 1. The number of aryl methyl sites for hydroxylation is 1. The average Bonchev–Trinajstić information content (AvgIpc) is 3.15. The third-order valence-electron chi connectivity index (χ3n) is 3.82. The molecule has 4 rings (SSSR count). The molecule has 1 amide bonds. The predicted molar refractivity (Wildman–Crippen MR) is 101 cm³/mol. The van der Waals surface area contributed by atoms with Gasteiger partial charge < -0.3 is 19.2 Å². The van der Waals surface area contributed by atoms with E-state index in [1.54, 1.807) is 18.2 Å². The summed E-state index contributed by atoms with van der Waals surface area (Å²) >= 11 is 1.19. The second kappa shape index (κ2) is 7.71. The minimum Gasteiger partial charge on any atom is -0.486 e. The predicted octanol–water partition coefficient (Wildman–Crippen LogP) is 3.55. The first-order valence-electron chi connectivity index (χ1n) is 8.40. The van der Waals surface area contributed by atoms with Crippen molar-refractivity contribution in [3.63, 3.8) is 0 Å². The molecule has 0 saturated heterocycles. The molecule has 1 N–H and O–H groups in total. The SMILES string of the molecule is Cc1cccc(-c2nnc(SCC(=O)Nc3ccc4c(c3)OCCO4)o2)c1. The Balaban J connectivity index is 1.34. The van der Waals surface area contributed by atoms with Crippen LogP contribution in [0.3, 0.4) is 0 Å². The van der Waals surface area contributed by atoms with Gasteiger partial charge in [-0.1, -0.05) is 29.5 Å². The molecule has 0 spiro atoms. The molecule has 0 unspecified atom stereocenters. The van der Waals surface area contributed by atoms with Crippen LogP contribution in [0.15, 0.2) is 52.1 Å². The lowest BCUT2D eigenvalue weighted by Gasteiger charge is -2.18. The van der Waals surface area contributed by atoms with Crippen molar-refractivity contribution >= 4 is 23.4 Å².